The van der Waals surface area contributed by atoms with Gasteiger partial charge in [0.2, 0.25) is 0 Å². The highest BCUT2D eigenvalue weighted by atomic mass is 19.1. The van der Waals surface area contributed by atoms with Gasteiger partial charge in [0.25, 0.3) is 0 Å². The third-order valence-corrected chi connectivity index (χ3v) is 3.15. The molecule has 4 nitrogen and oxygen atoms in total. The summed E-state index contributed by atoms with van der Waals surface area (Å²) in [5.74, 6) is -0.198. The number of nitrogens with zero attached hydrogens (tertiary/aromatic N) is 1. The average Bonchev–Trinajstić information content (AvgIpc) is 2.75. The van der Waals surface area contributed by atoms with Crippen LogP contribution in [-0.4, -0.2) is 37.1 Å². The van der Waals surface area contributed by atoms with Crippen molar-refractivity contribution in [1.29, 1.82) is 0 Å². The molecule has 98 valence electrons. The zero-order chi connectivity index (χ0) is 13.0. The lowest BCUT2D eigenvalue weighted by Crippen LogP contribution is -2.35. The van der Waals surface area contributed by atoms with E-state index in [2.05, 4.69) is 10.6 Å². The highest BCUT2D eigenvalue weighted by Gasteiger charge is 2.18. The maximum atomic E-state index is 13.5. The molecule has 1 atom stereocenters. The van der Waals surface area contributed by atoms with Gasteiger partial charge in [0, 0.05) is 37.8 Å². The predicted octanol–water partition coefficient (Wildman–Crippen LogP) is 1.50. The summed E-state index contributed by atoms with van der Waals surface area (Å²) in [6.45, 7) is 4.67. The molecule has 1 heterocycles. The molecule has 5 heteroatoms. The molecule has 0 radical (unpaired) electrons. The van der Waals surface area contributed by atoms with Crippen molar-refractivity contribution in [1.82, 2.24) is 15.5 Å². The van der Waals surface area contributed by atoms with Gasteiger partial charge in [-0.05, 0) is 13.0 Å². The molecule has 1 saturated heterocycles. The molecule has 1 aliphatic rings. The number of carbonyl (C=O) groups is 1. The normalized spacial score (nSPS) is 16.8. The van der Waals surface area contributed by atoms with E-state index in [9.17, 15) is 9.18 Å². The van der Waals surface area contributed by atoms with Crippen LogP contribution < -0.4 is 10.6 Å². The molecule has 1 aromatic rings. The van der Waals surface area contributed by atoms with Crippen LogP contribution in [0.4, 0.5) is 9.18 Å². The van der Waals surface area contributed by atoms with E-state index < -0.39 is 0 Å². The summed E-state index contributed by atoms with van der Waals surface area (Å²) in [7, 11) is 0. The molecule has 1 aromatic carbocycles. The first-order valence-electron chi connectivity index (χ1n) is 6.19. The second-order valence-electron chi connectivity index (χ2n) is 4.42. The number of benzene rings is 1. The van der Waals surface area contributed by atoms with Gasteiger partial charge < -0.3 is 15.5 Å². The van der Waals surface area contributed by atoms with E-state index in [-0.39, 0.29) is 17.9 Å². The maximum absolute atomic E-state index is 13.5. The van der Waals surface area contributed by atoms with Gasteiger partial charge in [-0.1, -0.05) is 18.2 Å². The average molecular weight is 251 g/mol. The zero-order valence-corrected chi connectivity index (χ0v) is 10.4. The van der Waals surface area contributed by atoms with Crippen molar-refractivity contribution in [3.63, 3.8) is 0 Å². The topological polar surface area (TPSA) is 44.4 Å². The Hall–Kier alpha value is -1.62. The van der Waals surface area contributed by atoms with E-state index in [4.69, 9.17) is 0 Å². The van der Waals surface area contributed by atoms with Gasteiger partial charge in [0.15, 0.2) is 0 Å². The number of hydrogen-bond donors (Lipinski definition) is 2. The van der Waals surface area contributed by atoms with Gasteiger partial charge >= 0.3 is 6.03 Å². The number of nitrogens with one attached hydrogen (secondary N) is 2. The quantitative estimate of drug-likeness (QED) is 0.833. The first-order chi connectivity index (χ1) is 8.68. The molecule has 0 saturated carbocycles. The molecule has 2 rings (SSSR count). The number of carbonyl (C=O) groups excluding carboxylic acids is 1. The molecule has 2 N–H and O–H groups in total. The van der Waals surface area contributed by atoms with Crippen molar-refractivity contribution in [2.75, 3.05) is 26.2 Å². The monoisotopic (exact) mass is 251 g/mol. The fourth-order valence-electron chi connectivity index (χ4n) is 2.08. The molecule has 18 heavy (non-hydrogen) atoms. The van der Waals surface area contributed by atoms with Crippen LogP contribution in [0.1, 0.15) is 18.5 Å². The highest BCUT2D eigenvalue weighted by Crippen LogP contribution is 2.15. The number of halogens is 1. The van der Waals surface area contributed by atoms with Crippen LogP contribution in [-0.2, 0) is 0 Å². The van der Waals surface area contributed by atoms with Crippen LogP contribution in [0.25, 0.3) is 0 Å². The molecule has 1 aliphatic heterocycles. The standard InChI is InChI=1S/C13H18FN3O/c1-10(11-4-2-3-5-12(11)14)15-6-8-17-9-7-16-13(17)18/h2-5,10,15H,6-9H2,1H3,(H,16,18)/t10-/m1/s1. The van der Waals surface area contributed by atoms with Gasteiger partial charge in [0.1, 0.15) is 5.82 Å². The van der Waals surface area contributed by atoms with Crippen LogP contribution in [0.5, 0.6) is 0 Å². The van der Waals surface area contributed by atoms with E-state index in [1.54, 1.807) is 17.0 Å². The summed E-state index contributed by atoms with van der Waals surface area (Å²) >= 11 is 0. The molecule has 2 amide bonds. The van der Waals surface area contributed by atoms with Crippen molar-refractivity contribution in [3.8, 4) is 0 Å². The molecule has 0 aliphatic carbocycles. The van der Waals surface area contributed by atoms with Crippen LogP contribution in [0.2, 0.25) is 0 Å². The molecular weight excluding hydrogens is 233 g/mol. The first kappa shape index (κ1) is 12.8. The molecule has 0 unspecified atom stereocenters. The van der Waals surface area contributed by atoms with Crippen molar-refractivity contribution < 1.29 is 9.18 Å². The summed E-state index contributed by atoms with van der Waals surface area (Å²) in [6.07, 6.45) is 0. The third kappa shape index (κ3) is 2.98. The molecule has 0 bridgehead atoms. The van der Waals surface area contributed by atoms with Crippen molar-refractivity contribution in [2.24, 2.45) is 0 Å². The highest BCUT2D eigenvalue weighted by molar-refractivity contribution is 5.76. The lowest BCUT2D eigenvalue weighted by molar-refractivity contribution is 0.217. The minimum absolute atomic E-state index is 0.0182. The van der Waals surface area contributed by atoms with E-state index in [0.717, 1.165) is 6.54 Å². The minimum Gasteiger partial charge on any atom is -0.336 e. The van der Waals surface area contributed by atoms with Crippen LogP contribution in [0.15, 0.2) is 24.3 Å². The largest absolute Gasteiger partial charge is 0.336 e. The maximum Gasteiger partial charge on any atom is 0.317 e. The Kier molecular flexibility index (Phi) is 4.15. The summed E-state index contributed by atoms with van der Waals surface area (Å²) in [6, 6.07) is 6.66. The second kappa shape index (κ2) is 5.82. The van der Waals surface area contributed by atoms with Crippen LogP contribution >= 0.6 is 0 Å². The lowest BCUT2D eigenvalue weighted by atomic mass is 10.1. The Labute approximate surface area is 106 Å². The molecule has 1 fully saturated rings. The molecular formula is C13H18FN3O. The SMILES string of the molecule is C[C@@H](NCCN1CCNC1=O)c1ccccc1F. The van der Waals surface area contributed by atoms with Gasteiger partial charge in [-0.3, -0.25) is 0 Å². The van der Waals surface area contributed by atoms with E-state index in [1.807, 2.05) is 13.0 Å². The predicted molar refractivity (Wildman–Crippen MR) is 67.8 cm³/mol. The smallest absolute Gasteiger partial charge is 0.317 e. The van der Waals surface area contributed by atoms with E-state index >= 15 is 0 Å². The first-order valence-corrected chi connectivity index (χ1v) is 6.19. The lowest BCUT2D eigenvalue weighted by Gasteiger charge is -2.18. The Morgan fingerprint density at radius 1 is 1.50 bits per heavy atom. The van der Waals surface area contributed by atoms with Crippen molar-refractivity contribution >= 4 is 6.03 Å². The summed E-state index contributed by atoms with van der Waals surface area (Å²) < 4.78 is 13.5. The van der Waals surface area contributed by atoms with Gasteiger partial charge in [-0.15, -0.1) is 0 Å². The van der Waals surface area contributed by atoms with Crippen LogP contribution in [0.3, 0.4) is 0 Å². The van der Waals surface area contributed by atoms with Crippen LogP contribution in [0, 0.1) is 5.82 Å². The molecule has 0 spiro atoms. The number of rotatable bonds is 5. The minimum atomic E-state index is -0.198. The van der Waals surface area contributed by atoms with Gasteiger partial charge in [-0.25, -0.2) is 9.18 Å². The van der Waals surface area contributed by atoms with E-state index in [0.29, 0.717) is 25.2 Å². The summed E-state index contributed by atoms with van der Waals surface area (Å²) in [5, 5.41) is 5.97. The summed E-state index contributed by atoms with van der Waals surface area (Å²) in [5.41, 5.74) is 0.656. The second-order valence-corrected chi connectivity index (χ2v) is 4.42. The number of amides is 2. The Morgan fingerprint density at radius 3 is 2.94 bits per heavy atom. The van der Waals surface area contributed by atoms with Gasteiger partial charge in [0.05, 0.1) is 0 Å². The van der Waals surface area contributed by atoms with Crippen molar-refractivity contribution in [2.45, 2.75) is 13.0 Å². The van der Waals surface area contributed by atoms with Crippen molar-refractivity contribution in [3.05, 3.63) is 35.6 Å². The Bertz CT molecular complexity index is 424. The number of urea groups is 1. The zero-order valence-electron chi connectivity index (χ0n) is 10.4. The summed E-state index contributed by atoms with van der Waals surface area (Å²) in [4.78, 5) is 13.1. The van der Waals surface area contributed by atoms with E-state index in [1.165, 1.54) is 6.07 Å². The molecule has 0 aromatic heterocycles. The fraction of sp³-hybridized carbons (Fsp3) is 0.462. The Balaban J connectivity index is 1.80. The Morgan fingerprint density at radius 2 is 2.28 bits per heavy atom. The fourth-order valence-corrected chi connectivity index (χ4v) is 2.08. The number of hydrogen-bond acceptors (Lipinski definition) is 2. The third-order valence-electron chi connectivity index (χ3n) is 3.15. The van der Waals surface area contributed by atoms with Gasteiger partial charge in [-0.2, -0.15) is 0 Å².